The summed E-state index contributed by atoms with van der Waals surface area (Å²) in [6, 6.07) is -0.226. The van der Waals surface area contributed by atoms with Crippen LogP contribution in [0.1, 0.15) is 19.8 Å². The van der Waals surface area contributed by atoms with Crippen molar-refractivity contribution in [2.45, 2.75) is 31.9 Å². The summed E-state index contributed by atoms with van der Waals surface area (Å²) in [5.41, 5.74) is 0. The van der Waals surface area contributed by atoms with Crippen molar-refractivity contribution in [3.8, 4) is 0 Å². The van der Waals surface area contributed by atoms with Gasteiger partial charge >= 0.3 is 5.97 Å². The Bertz CT molecular complexity index is 210. The van der Waals surface area contributed by atoms with Gasteiger partial charge in [-0.2, -0.15) is 0 Å². The average molecular weight is 231 g/mol. The number of hydrogen-bond donors (Lipinski definition) is 1. The molecular weight excluding hydrogens is 210 g/mol. The van der Waals surface area contributed by atoms with Crippen LogP contribution in [-0.2, 0) is 19.0 Å². The second-order valence-corrected chi connectivity index (χ2v) is 3.83. The molecule has 1 aliphatic rings. The number of carbonyl (C=O) groups excluding carboxylic acids is 1. The maximum Gasteiger partial charge on any atom is 0.323 e. The summed E-state index contributed by atoms with van der Waals surface area (Å²) in [4.78, 5) is 11.5. The van der Waals surface area contributed by atoms with E-state index in [2.05, 4.69) is 5.32 Å². The van der Waals surface area contributed by atoms with E-state index in [-0.39, 0.29) is 18.1 Å². The minimum atomic E-state index is -0.226. The Morgan fingerprint density at radius 2 is 2.19 bits per heavy atom. The normalized spacial score (nSPS) is 24.6. The van der Waals surface area contributed by atoms with E-state index in [9.17, 15) is 4.79 Å². The van der Waals surface area contributed by atoms with Crippen molar-refractivity contribution in [3.05, 3.63) is 0 Å². The largest absolute Gasteiger partial charge is 0.462 e. The van der Waals surface area contributed by atoms with Crippen molar-refractivity contribution in [1.82, 2.24) is 5.32 Å². The van der Waals surface area contributed by atoms with Gasteiger partial charge in [-0.15, -0.1) is 0 Å². The first-order valence-corrected chi connectivity index (χ1v) is 5.78. The molecule has 5 nitrogen and oxygen atoms in total. The Labute approximate surface area is 96.4 Å². The van der Waals surface area contributed by atoms with Crippen molar-refractivity contribution in [2.24, 2.45) is 0 Å². The minimum Gasteiger partial charge on any atom is -0.462 e. The zero-order valence-electron chi connectivity index (χ0n) is 10.0. The first-order chi connectivity index (χ1) is 7.77. The predicted molar refractivity (Wildman–Crippen MR) is 59.3 cm³/mol. The fourth-order valence-corrected chi connectivity index (χ4v) is 1.61. The lowest BCUT2D eigenvalue weighted by atomic mass is 10.2. The molecule has 2 atom stereocenters. The minimum absolute atomic E-state index is 0.119. The van der Waals surface area contributed by atoms with Crippen molar-refractivity contribution in [3.63, 3.8) is 0 Å². The Balaban J connectivity index is 2.06. The van der Waals surface area contributed by atoms with Crippen LogP contribution in [-0.4, -0.2) is 51.6 Å². The molecule has 1 N–H and O–H groups in total. The van der Waals surface area contributed by atoms with Gasteiger partial charge in [0.2, 0.25) is 0 Å². The van der Waals surface area contributed by atoms with Gasteiger partial charge in [-0.05, 0) is 6.42 Å². The van der Waals surface area contributed by atoms with E-state index in [1.54, 1.807) is 7.11 Å². The van der Waals surface area contributed by atoms with Crippen LogP contribution in [0.4, 0.5) is 0 Å². The Morgan fingerprint density at radius 1 is 1.38 bits per heavy atom. The molecule has 0 saturated carbocycles. The molecule has 1 heterocycles. The summed E-state index contributed by atoms with van der Waals surface area (Å²) in [6.45, 7) is 4.27. The summed E-state index contributed by atoms with van der Waals surface area (Å²) in [6.07, 6.45) is 1.78. The topological polar surface area (TPSA) is 56.8 Å². The van der Waals surface area contributed by atoms with Crippen molar-refractivity contribution in [1.29, 1.82) is 0 Å². The summed E-state index contributed by atoms with van der Waals surface area (Å²) < 4.78 is 15.5. The first-order valence-electron chi connectivity index (χ1n) is 5.78. The molecule has 0 aromatic heterocycles. The van der Waals surface area contributed by atoms with Gasteiger partial charge in [0, 0.05) is 26.7 Å². The third-order valence-corrected chi connectivity index (χ3v) is 2.53. The highest BCUT2D eigenvalue weighted by atomic mass is 16.6. The summed E-state index contributed by atoms with van der Waals surface area (Å²) in [7, 11) is 1.65. The maximum atomic E-state index is 11.5. The van der Waals surface area contributed by atoms with E-state index in [0.717, 1.165) is 6.42 Å². The summed E-state index contributed by atoms with van der Waals surface area (Å²) >= 11 is 0. The molecule has 0 bridgehead atoms. The van der Waals surface area contributed by atoms with Crippen LogP contribution in [0.25, 0.3) is 0 Å². The van der Waals surface area contributed by atoms with Crippen molar-refractivity contribution >= 4 is 5.97 Å². The quantitative estimate of drug-likeness (QED) is 0.505. The first kappa shape index (κ1) is 13.4. The molecule has 1 fully saturated rings. The van der Waals surface area contributed by atoms with Gasteiger partial charge in [-0.3, -0.25) is 4.79 Å². The molecule has 16 heavy (non-hydrogen) atoms. The number of carbonyl (C=O) groups is 1. The SMILES string of the molecule is CCCOCCOC(=O)C1CC(OC)CN1. The van der Waals surface area contributed by atoms with Crippen molar-refractivity contribution in [2.75, 3.05) is 33.5 Å². The standard InChI is InChI=1S/C11H21NO4/c1-3-4-15-5-6-16-11(13)10-7-9(14-2)8-12-10/h9-10,12H,3-8H2,1-2H3. The van der Waals surface area contributed by atoms with Crippen LogP contribution < -0.4 is 5.32 Å². The van der Waals surface area contributed by atoms with Crippen LogP contribution in [0.15, 0.2) is 0 Å². The Morgan fingerprint density at radius 3 is 2.81 bits per heavy atom. The van der Waals surface area contributed by atoms with Crippen LogP contribution in [0.2, 0.25) is 0 Å². The van der Waals surface area contributed by atoms with Gasteiger partial charge < -0.3 is 19.5 Å². The number of esters is 1. The van der Waals surface area contributed by atoms with Crippen LogP contribution in [0, 0.1) is 0 Å². The third kappa shape index (κ3) is 4.47. The van der Waals surface area contributed by atoms with Gasteiger partial charge in [-0.25, -0.2) is 0 Å². The van der Waals surface area contributed by atoms with Crippen LogP contribution in [0.5, 0.6) is 0 Å². The molecular formula is C11H21NO4. The number of ether oxygens (including phenoxy) is 3. The second-order valence-electron chi connectivity index (χ2n) is 3.83. The fraction of sp³-hybridized carbons (Fsp3) is 0.909. The molecule has 0 amide bonds. The molecule has 94 valence electrons. The second kappa shape index (κ2) is 7.60. The van der Waals surface area contributed by atoms with Gasteiger partial charge in [0.05, 0.1) is 12.7 Å². The molecule has 0 aliphatic carbocycles. The monoisotopic (exact) mass is 231 g/mol. The summed E-state index contributed by atoms with van der Waals surface area (Å²) in [5.74, 6) is -0.209. The number of methoxy groups -OCH3 is 1. The Hall–Kier alpha value is -0.650. The van der Waals surface area contributed by atoms with E-state index < -0.39 is 0 Å². The lowest BCUT2D eigenvalue weighted by molar-refractivity contribution is -0.147. The summed E-state index contributed by atoms with van der Waals surface area (Å²) in [5, 5.41) is 3.07. The van der Waals surface area contributed by atoms with Crippen molar-refractivity contribution < 1.29 is 19.0 Å². The molecule has 0 aromatic rings. The molecule has 5 heteroatoms. The van der Waals surface area contributed by atoms with Crippen LogP contribution >= 0.6 is 0 Å². The lowest BCUT2D eigenvalue weighted by Crippen LogP contribution is -2.33. The molecule has 0 radical (unpaired) electrons. The smallest absolute Gasteiger partial charge is 0.323 e. The zero-order chi connectivity index (χ0) is 11.8. The van der Waals surface area contributed by atoms with Gasteiger partial charge in [0.1, 0.15) is 12.6 Å². The van der Waals surface area contributed by atoms with Gasteiger partial charge in [0.25, 0.3) is 0 Å². The molecule has 1 aliphatic heterocycles. The zero-order valence-corrected chi connectivity index (χ0v) is 10.0. The highest BCUT2D eigenvalue weighted by molar-refractivity contribution is 5.76. The predicted octanol–water partition coefficient (Wildman–Crippen LogP) is 0.333. The Kier molecular flexibility index (Phi) is 6.37. The van der Waals surface area contributed by atoms with E-state index in [0.29, 0.717) is 32.8 Å². The van der Waals surface area contributed by atoms with E-state index in [4.69, 9.17) is 14.2 Å². The van der Waals surface area contributed by atoms with E-state index >= 15 is 0 Å². The molecule has 0 aromatic carbocycles. The molecule has 0 spiro atoms. The van der Waals surface area contributed by atoms with Gasteiger partial charge in [0.15, 0.2) is 0 Å². The number of nitrogens with one attached hydrogen (secondary N) is 1. The highest BCUT2D eigenvalue weighted by Crippen LogP contribution is 2.10. The lowest BCUT2D eigenvalue weighted by Gasteiger charge is -2.10. The van der Waals surface area contributed by atoms with E-state index in [1.807, 2.05) is 6.92 Å². The van der Waals surface area contributed by atoms with Gasteiger partial charge in [-0.1, -0.05) is 6.92 Å². The molecule has 2 unspecified atom stereocenters. The highest BCUT2D eigenvalue weighted by Gasteiger charge is 2.30. The fourth-order valence-electron chi connectivity index (χ4n) is 1.61. The maximum absolute atomic E-state index is 11.5. The van der Waals surface area contributed by atoms with E-state index in [1.165, 1.54) is 0 Å². The number of rotatable bonds is 7. The average Bonchev–Trinajstić information content (AvgIpc) is 2.77. The molecule has 1 saturated heterocycles. The number of hydrogen-bond acceptors (Lipinski definition) is 5. The molecule has 1 rings (SSSR count). The van der Waals surface area contributed by atoms with Crippen LogP contribution in [0.3, 0.4) is 0 Å². The third-order valence-electron chi connectivity index (χ3n) is 2.53.